The minimum Gasteiger partial charge on any atom is -0.394 e. The highest BCUT2D eigenvalue weighted by Gasteiger charge is 2.45. The largest absolute Gasteiger partial charge is 0.394 e. The Morgan fingerprint density at radius 3 is 2.77 bits per heavy atom. The summed E-state index contributed by atoms with van der Waals surface area (Å²) >= 11 is 1.89. The van der Waals surface area contributed by atoms with Crippen molar-refractivity contribution in [1.29, 1.82) is 0 Å². The molecule has 1 amide bonds. The normalized spacial score (nSPS) is 19.9. The van der Waals surface area contributed by atoms with Crippen LogP contribution in [-0.4, -0.2) is 42.1 Å². The van der Waals surface area contributed by atoms with Crippen LogP contribution in [0.3, 0.4) is 0 Å². The summed E-state index contributed by atoms with van der Waals surface area (Å²) in [4.78, 5) is 22.0. The van der Waals surface area contributed by atoms with Gasteiger partial charge >= 0.3 is 0 Å². The molecule has 1 unspecified atom stereocenters. The standard InChI is InChI=1S/C19H17F3IN3O4/c1-3-7-29-25-15-10-12(18(28)26-30-8-6-27)19(2,17(22)16(15)21)24-14-5-4-11(23)9-13(14)20/h1,4-5,9-10,24,27H,6-8H2,2H3,(H,26,28). The molecule has 1 aliphatic carbocycles. The van der Waals surface area contributed by atoms with E-state index in [0.717, 1.165) is 13.0 Å². The molecule has 7 nitrogen and oxygen atoms in total. The van der Waals surface area contributed by atoms with Gasteiger partial charge in [-0.3, -0.25) is 9.63 Å². The molecule has 11 heteroatoms. The highest BCUT2D eigenvalue weighted by Crippen LogP contribution is 2.38. The summed E-state index contributed by atoms with van der Waals surface area (Å²) in [7, 11) is 0. The number of hydrogen-bond acceptors (Lipinski definition) is 6. The molecule has 0 heterocycles. The lowest BCUT2D eigenvalue weighted by Crippen LogP contribution is -2.47. The number of aliphatic hydroxyl groups is 1. The fourth-order valence-corrected chi connectivity index (χ4v) is 2.95. The molecule has 0 fully saturated rings. The number of oxime groups is 1. The van der Waals surface area contributed by atoms with Crippen LogP contribution >= 0.6 is 22.6 Å². The maximum Gasteiger partial charge on any atom is 0.273 e. The minimum atomic E-state index is -2.12. The number of nitrogens with zero attached hydrogens (tertiary/aromatic N) is 1. The van der Waals surface area contributed by atoms with Crippen LogP contribution in [-0.2, 0) is 14.5 Å². The number of benzene rings is 1. The first-order valence-corrected chi connectivity index (χ1v) is 9.50. The first kappa shape index (κ1) is 23.7. The highest BCUT2D eigenvalue weighted by atomic mass is 127. The third-order valence-corrected chi connectivity index (χ3v) is 4.58. The second-order valence-electron chi connectivity index (χ2n) is 6.02. The summed E-state index contributed by atoms with van der Waals surface area (Å²) < 4.78 is 44.7. The van der Waals surface area contributed by atoms with Gasteiger partial charge in [0.05, 0.1) is 24.5 Å². The van der Waals surface area contributed by atoms with Crippen LogP contribution in [0.25, 0.3) is 0 Å². The maximum atomic E-state index is 15.1. The smallest absolute Gasteiger partial charge is 0.273 e. The predicted molar refractivity (Wildman–Crippen MR) is 112 cm³/mol. The van der Waals surface area contributed by atoms with Crippen LogP contribution in [0, 0.1) is 21.7 Å². The van der Waals surface area contributed by atoms with E-state index in [2.05, 4.69) is 21.2 Å². The van der Waals surface area contributed by atoms with Gasteiger partial charge in [0.15, 0.2) is 18.3 Å². The summed E-state index contributed by atoms with van der Waals surface area (Å²) in [5.41, 5.74) is -1.30. The lowest BCUT2D eigenvalue weighted by Gasteiger charge is -2.34. The number of aliphatic hydroxyl groups excluding tert-OH is 1. The molecule has 0 aromatic heterocycles. The van der Waals surface area contributed by atoms with Gasteiger partial charge in [0.25, 0.3) is 5.91 Å². The average molecular weight is 535 g/mol. The van der Waals surface area contributed by atoms with Gasteiger partial charge < -0.3 is 15.3 Å². The first-order chi connectivity index (χ1) is 14.2. The third kappa shape index (κ3) is 5.32. The molecule has 1 aromatic rings. The van der Waals surface area contributed by atoms with Crippen molar-refractivity contribution in [3.8, 4) is 12.3 Å². The molecule has 1 aromatic carbocycles. The van der Waals surface area contributed by atoms with Crippen molar-refractivity contribution in [3.05, 3.63) is 50.9 Å². The minimum absolute atomic E-state index is 0.167. The van der Waals surface area contributed by atoms with Crippen LogP contribution in [0.4, 0.5) is 18.9 Å². The number of allylic oxidation sites excluding steroid dienone is 2. The van der Waals surface area contributed by atoms with E-state index in [1.165, 1.54) is 12.1 Å². The molecule has 0 radical (unpaired) electrons. The Morgan fingerprint density at radius 2 is 2.13 bits per heavy atom. The number of anilines is 1. The van der Waals surface area contributed by atoms with E-state index in [1.54, 1.807) is 6.07 Å². The molecule has 2 rings (SSSR count). The number of terminal acetylenes is 1. The monoisotopic (exact) mass is 535 g/mol. The summed E-state index contributed by atoms with van der Waals surface area (Å²) in [6.07, 6.45) is 5.94. The van der Waals surface area contributed by atoms with Gasteiger partial charge in [0.2, 0.25) is 0 Å². The summed E-state index contributed by atoms with van der Waals surface area (Å²) in [5, 5.41) is 14.7. The Labute approximate surface area is 184 Å². The van der Waals surface area contributed by atoms with E-state index in [9.17, 15) is 13.6 Å². The van der Waals surface area contributed by atoms with E-state index in [0.29, 0.717) is 3.57 Å². The second kappa shape index (κ2) is 10.5. The second-order valence-corrected chi connectivity index (χ2v) is 7.26. The SMILES string of the molecule is C#CCON=C1C=C(C(=O)NOCCO)C(C)(Nc2ccc(I)cc2F)C(F)=C1F. The Kier molecular flexibility index (Phi) is 8.27. The zero-order valence-electron chi connectivity index (χ0n) is 15.6. The van der Waals surface area contributed by atoms with Crippen molar-refractivity contribution < 1.29 is 32.7 Å². The van der Waals surface area contributed by atoms with Gasteiger partial charge in [-0.15, -0.1) is 6.42 Å². The van der Waals surface area contributed by atoms with Crippen LogP contribution in [0.5, 0.6) is 0 Å². The lowest BCUT2D eigenvalue weighted by molar-refractivity contribution is -0.130. The Bertz CT molecular complexity index is 959. The fraction of sp³-hybridized carbons (Fsp3) is 0.263. The molecule has 0 spiro atoms. The van der Waals surface area contributed by atoms with Crippen LogP contribution in [0.15, 0.2) is 46.7 Å². The summed E-state index contributed by atoms with van der Waals surface area (Å²) in [6, 6.07) is 4.05. The van der Waals surface area contributed by atoms with Gasteiger partial charge in [-0.05, 0) is 53.8 Å². The van der Waals surface area contributed by atoms with Crippen LogP contribution < -0.4 is 10.8 Å². The first-order valence-electron chi connectivity index (χ1n) is 8.42. The number of carbonyl (C=O) groups is 1. The molecule has 30 heavy (non-hydrogen) atoms. The molecular weight excluding hydrogens is 518 g/mol. The number of hydroxylamine groups is 1. The van der Waals surface area contributed by atoms with Crippen LogP contribution in [0.1, 0.15) is 6.92 Å². The number of hydrogen-bond donors (Lipinski definition) is 3. The zero-order valence-corrected chi connectivity index (χ0v) is 17.8. The highest BCUT2D eigenvalue weighted by molar-refractivity contribution is 14.1. The van der Waals surface area contributed by atoms with Gasteiger partial charge in [0, 0.05) is 3.57 Å². The van der Waals surface area contributed by atoms with E-state index in [1.807, 2.05) is 28.1 Å². The summed E-state index contributed by atoms with van der Waals surface area (Å²) in [6.45, 7) is 0.207. The molecule has 0 aliphatic heterocycles. The molecule has 0 saturated heterocycles. The van der Waals surface area contributed by atoms with Crippen molar-refractivity contribution in [2.45, 2.75) is 12.5 Å². The fourth-order valence-electron chi connectivity index (χ4n) is 2.49. The number of rotatable bonds is 8. The van der Waals surface area contributed by atoms with Crippen molar-refractivity contribution in [3.63, 3.8) is 0 Å². The predicted octanol–water partition coefficient (Wildman–Crippen LogP) is 2.74. The maximum absolute atomic E-state index is 15.1. The van der Waals surface area contributed by atoms with E-state index < -0.39 is 41.2 Å². The molecule has 160 valence electrons. The number of nitrogens with one attached hydrogen (secondary N) is 2. The van der Waals surface area contributed by atoms with Gasteiger partial charge in [-0.1, -0.05) is 11.1 Å². The number of halogens is 4. The van der Waals surface area contributed by atoms with E-state index in [-0.39, 0.29) is 24.5 Å². The van der Waals surface area contributed by atoms with E-state index >= 15 is 4.39 Å². The Balaban J connectivity index is 2.50. The number of carbonyl (C=O) groups excluding carboxylic acids is 1. The molecule has 0 bridgehead atoms. The summed E-state index contributed by atoms with van der Waals surface area (Å²) in [5.74, 6) is -2.45. The van der Waals surface area contributed by atoms with Crippen molar-refractivity contribution in [1.82, 2.24) is 5.48 Å². The molecular formula is C19H17F3IN3O4. The lowest BCUT2D eigenvalue weighted by atomic mass is 9.83. The van der Waals surface area contributed by atoms with Gasteiger partial charge in [0.1, 0.15) is 17.1 Å². The topological polar surface area (TPSA) is 92.2 Å². The van der Waals surface area contributed by atoms with Gasteiger partial charge in [-0.2, -0.15) is 0 Å². The van der Waals surface area contributed by atoms with E-state index in [4.69, 9.17) is 16.4 Å². The average Bonchev–Trinajstić information content (AvgIpc) is 2.70. The number of amides is 1. The van der Waals surface area contributed by atoms with Crippen molar-refractivity contribution in [2.75, 3.05) is 25.1 Å². The van der Waals surface area contributed by atoms with Crippen LogP contribution in [0.2, 0.25) is 0 Å². The quantitative estimate of drug-likeness (QED) is 0.206. The third-order valence-electron chi connectivity index (χ3n) is 3.91. The molecule has 0 saturated carbocycles. The molecule has 3 N–H and O–H groups in total. The van der Waals surface area contributed by atoms with Crippen molar-refractivity contribution in [2.24, 2.45) is 5.16 Å². The zero-order chi connectivity index (χ0) is 22.3. The molecule has 1 atom stereocenters. The van der Waals surface area contributed by atoms with Gasteiger partial charge in [-0.25, -0.2) is 18.7 Å². The molecule has 1 aliphatic rings. The Hall–Kier alpha value is -2.56. The Morgan fingerprint density at radius 1 is 1.40 bits per heavy atom. The van der Waals surface area contributed by atoms with Crippen molar-refractivity contribution >= 4 is 39.9 Å².